The van der Waals surface area contributed by atoms with E-state index in [1.807, 2.05) is 19.1 Å². The lowest BCUT2D eigenvalue weighted by Crippen LogP contribution is -2.35. The van der Waals surface area contributed by atoms with Gasteiger partial charge in [0.05, 0.1) is 31.7 Å². The van der Waals surface area contributed by atoms with Gasteiger partial charge in [-0.05, 0) is 55.0 Å². The van der Waals surface area contributed by atoms with Crippen LogP contribution < -0.4 is 15.5 Å². The second-order valence-electron chi connectivity index (χ2n) is 6.66. The Hall–Kier alpha value is -2.55. The van der Waals surface area contributed by atoms with Gasteiger partial charge in [-0.1, -0.05) is 12.1 Å². The predicted molar refractivity (Wildman–Crippen MR) is 117 cm³/mol. The number of benzene rings is 2. The molecule has 29 heavy (non-hydrogen) atoms. The number of hydrogen-bond acceptors (Lipinski definition) is 5. The Balaban J connectivity index is 1.67. The number of morpholine rings is 1. The molecule has 0 aliphatic carbocycles. The van der Waals surface area contributed by atoms with E-state index in [-0.39, 0.29) is 10.9 Å². The van der Waals surface area contributed by atoms with Crippen LogP contribution in [0.25, 0.3) is 0 Å². The van der Waals surface area contributed by atoms with Crippen molar-refractivity contribution in [2.75, 3.05) is 38.7 Å². The van der Waals surface area contributed by atoms with E-state index in [0.29, 0.717) is 5.69 Å². The summed E-state index contributed by atoms with van der Waals surface area (Å²) in [5, 5.41) is 7.35. The maximum Gasteiger partial charge on any atom is 0.191 e. The molecule has 0 amide bonds. The van der Waals surface area contributed by atoms with Gasteiger partial charge in [-0.25, -0.2) is 4.39 Å². The number of rotatable bonds is 6. The Kier molecular flexibility index (Phi) is 7.51. The van der Waals surface area contributed by atoms with Crippen molar-refractivity contribution < 1.29 is 13.9 Å². The minimum absolute atomic E-state index is 0.219. The minimum atomic E-state index is -0.375. The van der Waals surface area contributed by atoms with Crippen molar-refractivity contribution in [3.05, 3.63) is 59.4 Å². The summed E-state index contributed by atoms with van der Waals surface area (Å²) in [5.41, 5.74) is 5.87. The van der Waals surface area contributed by atoms with Crippen LogP contribution in [-0.4, -0.2) is 49.1 Å². The Morgan fingerprint density at radius 1 is 1.24 bits per heavy atom. The second-order valence-corrected chi connectivity index (χ2v) is 7.07. The monoisotopic (exact) mass is 416 g/mol. The average molecular weight is 417 g/mol. The largest absolute Gasteiger partial charge is 0.496 e. The van der Waals surface area contributed by atoms with Gasteiger partial charge in [-0.15, -0.1) is 0 Å². The molecule has 0 radical (unpaired) electrons. The van der Waals surface area contributed by atoms with Crippen molar-refractivity contribution in [3.63, 3.8) is 0 Å². The van der Waals surface area contributed by atoms with Crippen LogP contribution in [0.3, 0.4) is 0 Å². The molecule has 0 atom stereocenters. The molecule has 154 valence electrons. The van der Waals surface area contributed by atoms with E-state index in [1.165, 1.54) is 6.07 Å². The van der Waals surface area contributed by atoms with Crippen molar-refractivity contribution in [2.45, 2.75) is 13.5 Å². The molecule has 6 nitrogen and oxygen atoms in total. The van der Waals surface area contributed by atoms with Crippen molar-refractivity contribution in [2.24, 2.45) is 5.10 Å². The number of methoxy groups -OCH3 is 1. The predicted octanol–water partition coefficient (Wildman–Crippen LogP) is 3.38. The highest BCUT2D eigenvalue weighted by atomic mass is 32.1. The molecule has 3 rings (SSSR count). The first-order chi connectivity index (χ1) is 14.1. The lowest BCUT2D eigenvalue weighted by atomic mass is 10.1. The molecule has 2 aromatic rings. The van der Waals surface area contributed by atoms with E-state index in [4.69, 9.17) is 21.7 Å². The molecule has 1 fully saturated rings. The van der Waals surface area contributed by atoms with E-state index in [0.717, 1.165) is 55.4 Å². The molecule has 0 saturated carbocycles. The summed E-state index contributed by atoms with van der Waals surface area (Å²) >= 11 is 5.20. The summed E-state index contributed by atoms with van der Waals surface area (Å²) < 4.78 is 24.6. The van der Waals surface area contributed by atoms with Gasteiger partial charge in [-0.2, -0.15) is 5.10 Å². The SMILES string of the molecule is COc1ccc(/C(C)=N\NC(=S)Nc2ccccc2F)cc1CN1CCOCC1. The zero-order valence-electron chi connectivity index (χ0n) is 16.6. The van der Waals surface area contributed by atoms with Gasteiger partial charge in [0.25, 0.3) is 0 Å². The number of halogens is 1. The van der Waals surface area contributed by atoms with Gasteiger partial charge < -0.3 is 14.8 Å². The Morgan fingerprint density at radius 3 is 2.72 bits per heavy atom. The molecular weight excluding hydrogens is 391 g/mol. The van der Waals surface area contributed by atoms with Crippen LogP contribution in [0.15, 0.2) is 47.6 Å². The molecule has 1 aliphatic rings. The Morgan fingerprint density at radius 2 is 2.00 bits per heavy atom. The van der Waals surface area contributed by atoms with Gasteiger partial charge in [0, 0.05) is 25.2 Å². The van der Waals surface area contributed by atoms with E-state index < -0.39 is 0 Å². The fourth-order valence-electron chi connectivity index (χ4n) is 3.04. The standard InChI is InChI=1S/C21H25FN4O2S/c1-15(24-25-21(29)23-19-6-4-3-5-18(19)22)16-7-8-20(27-2)17(13-16)14-26-9-11-28-12-10-26/h3-8,13H,9-12,14H2,1-2H3,(H2,23,25,29)/b24-15-. The topological polar surface area (TPSA) is 58.1 Å². The van der Waals surface area contributed by atoms with Crippen LogP contribution in [0.1, 0.15) is 18.1 Å². The first-order valence-electron chi connectivity index (χ1n) is 9.40. The molecule has 0 spiro atoms. The highest BCUT2D eigenvalue weighted by molar-refractivity contribution is 7.80. The smallest absolute Gasteiger partial charge is 0.191 e. The van der Waals surface area contributed by atoms with E-state index in [2.05, 4.69) is 26.8 Å². The molecule has 0 unspecified atom stereocenters. The van der Waals surface area contributed by atoms with Crippen LogP contribution in [0.4, 0.5) is 10.1 Å². The van der Waals surface area contributed by atoms with E-state index in [9.17, 15) is 4.39 Å². The molecule has 1 aliphatic heterocycles. The molecular formula is C21H25FN4O2S. The minimum Gasteiger partial charge on any atom is -0.496 e. The first-order valence-corrected chi connectivity index (χ1v) is 9.81. The van der Waals surface area contributed by atoms with Gasteiger partial charge >= 0.3 is 0 Å². The zero-order chi connectivity index (χ0) is 20.6. The quantitative estimate of drug-likeness (QED) is 0.428. The number of para-hydroxylation sites is 1. The molecule has 8 heteroatoms. The van der Waals surface area contributed by atoms with Gasteiger partial charge in [0.15, 0.2) is 5.11 Å². The summed E-state index contributed by atoms with van der Waals surface area (Å²) in [4.78, 5) is 2.34. The van der Waals surface area contributed by atoms with Gasteiger partial charge in [-0.3, -0.25) is 10.3 Å². The van der Waals surface area contributed by atoms with Crippen LogP contribution in [0.5, 0.6) is 5.75 Å². The highest BCUT2D eigenvalue weighted by Crippen LogP contribution is 2.22. The number of anilines is 1. The van der Waals surface area contributed by atoms with Gasteiger partial charge in [0.1, 0.15) is 11.6 Å². The zero-order valence-corrected chi connectivity index (χ0v) is 17.4. The lowest BCUT2D eigenvalue weighted by molar-refractivity contribution is 0.0339. The molecule has 1 saturated heterocycles. The number of thiocarbonyl (C=S) groups is 1. The van der Waals surface area contributed by atoms with Crippen LogP contribution in [0.2, 0.25) is 0 Å². The molecule has 0 bridgehead atoms. The Bertz CT molecular complexity index is 885. The Labute approximate surface area is 175 Å². The molecule has 2 N–H and O–H groups in total. The van der Waals surface area contributed by atoms with Crippen LogP contribution in [-0.2, 0) is 11.3 Å². The summed E-state index contributed by atoms with van der Waals surface area (Å²) in [5.74, 6) is 0.470. The normalized spacial score (nSPS) is 15.1. The molecule has 0 aromatic heterocycles. The highest BCUT2D eigenvalue weighted by Gasteiger charge is 2.14. The van der Waals surface area contributed by atoms with Crippen molar-refractivity contribution in [1.29, 1.82) is 0 Å². The number of ether oxygens (including phenoxy) is 2. The summed E-state index contributed by atoms with van der Waals surface area (Å²) in [7, 11) is 1.67. The second kappa shape index (κ2) is 10.3. The molecule has 2 aromatic carbocycles. The number of hydrazone groups is 1. The third-order valence-electron chi connectivity index (χ3n) is 4.64. The molecule has 1 heterocycles. The van der Waals surface area contributed by atoms with Crippen LogP contribution in [0, 0.1) is 5.82 Å². The maximum absolute atomic E-state index is 13.7. The van der Waals surface area contributed by atoms with Gasteiger partial charge in [0.2, 0.25) is 0 Å². The van der Waals surface area contributed by atoms with Crippen LogP contribution >= 0.6 is 12.2 Å². The number of hydrogen-bond donors (Lipinski definition) is 2. The third kappa shape index (κ3) is 5.96. The summed E-state index contributed by atoms with van der Waals surface area (Å²) in [6, 6.07) is 12.3. The number of nitrogens with zero attached hydrogens (tertiary/aromatic N) is 2. The fourth-order valence-corrected chi connectivity index (χ4v) is 3.19. The summed E-state index contributed by atoms with van der Waals surface area (Å²) in [6.45, 7) is 5.97. The number of nitrogens with one attached hydrogen (secondary N) is 2. The maximum atomic E-state index is 13.7. The van der Waals surface area contributed by atoms with Crippen molar-refractivity contribution in [1.82, 2.24) is 10.3 Å². The van der Waals surface area contributed by atoms with E-state index in [1.54, 1.807) is 25.3 Å². The fraction of sp³-hybridized carbons (Fsp3) is 0.333. The van der Waals surface area contributed by atoms with Crippen molar-refractivity contribution >= 4 is 28.7 Å². The average Bonchev–Trinajstić information content (AvgIpc) is 2.74. The first kappa shape index (κ1) is 21.2. The third-order valence-corrected chi connectivity index (χ3v) is 4.84. The van der Waals surface area contributed by atoms with Crippen molar-refractivity contribution in [3.8, 4) is 5.75 Å². The summed E-state index contributed by atoms with van der Waals surface area (Å²) in [6.07, 6.45) is 0. The van der Waals surface area contributed by atoms with E-state index >= 15 is 0 Å². The lowest BCUT2D eigenvalue weighted by Gasteiger charge is -2.27.